The number of nitrogens with zero attached hydrogens (tertiary/aromatic N) is 1. The van der Waals surface area contributed by atoms with E-state index in [1.165, 1.54) is 12.1 Å². The minimum Gasteiger partial charge on any atom is -0.477 e. The van der Waals surface area contributed by atoms with E-state index in [1.807, 2.05) is 13.8 Å². The molecule has 0 saturated carbocycles. The molecule has 0 aliphatic carbocycles. The number of carboxylic acids is 1. The molecule has 0 bridgehead atoms. The number of hydrogen-bond donors (Lipinski definition) is 3. The van der Waals surface area contributed by atoms with Crippen LogP contribution in [-0.4, -0.2) is 35.3 Å². The maximum Gasteiger partial charge on any atom is 0.354 e. The van der Waals surface area contributed by atoms with Crippen molar-refractivity contribution in [2.75, 3.05) is 24.2 Å². The maximum atomic E-state index is 10.7. The smallest absolute Gasteiger partial charge is 0.354 e. The normalized spacial score (nSPS) is 10.5. The number of pyridine rings is 1. The summed E-state index contributed by atoms with van der Waals surface area (Å²) in [5.41, 5.74) is 6.05. The number of hydrogen-bond acceptors (Lipinski definition) is 5. The number of carboxylic acid groups (broad SMARTS) is 1. The second-order valence-electron chi connectivity index (χ2n) is 3.79. The van der Waals surface area contributed by atoms with Crippen LogP contribution in [0.3, 0.4) is 0 Å². The predicted octanol–water partition coefficient (Wildman–Crippen LogP) is 1.20. The number of anilines is 2. The fourth-order valence-corrected chi connectivity index (χ4v) is 1.19. The molecule has 0 spiro atoms. The molecule has 1 rings (SSSR count). The Hall–Kier alpha value is -1.82. The van der Waals surface area contributed by atoms with Crippen LogP contribution >= 0.6 is 0 Å². The number of nitrogen functional groups attached to an aromatic ring is 1. The molecule has 6 heteroatoms. The van der Waals surface area contributed by atoms with E-state index in [0.717, 1.165) is 0 Å². The second kappa shape index (κ2) is 6.05. The molecule has 0 atom stereocenters. The Kier molecular flexibility index (Phi) is 4.71. The molecular weight excluding hydrogens is 222 g/mol. The molecule has 0 fully saturated rings. The van der Waals surface area contributed by atoms with Gasteiger partial charge in [-0.25, -0.2) is 9.78 Å². The fraction of sp³-hybridized carbons (Fsp3) is 0.455. The highest BCUT2D eigenvalue weighted by Crippen LogP contribution is 2.15. The van der Waals surface area contributed by atoms with Crippen LogP contribution in [0.4, 0.5) is 11.5 Å². The second-order valence-corrected chi connectivity index (χ2v) is 3.79. The van der Waals surface area contributed by atoms with E-state index in [9.17, 15) is 4.79 Å². The van der Waals surface area contributed by atoms with Gasteiger partial charge in [0.15, 0.2) is 5.69 Å². The van der Waals surface area contributed by atoms with Gasteiger partial charge in [-0.2, -0.15) is 0 Å². The van der Waals surface area contributed by atoms with Crippen molar-refractivity contribution >= 4 is 17.5 Å². The lowest BCUT2D eigenvalue weighted by atomic mass is 10.3. The summed E-state index contributed by atoms with van der Waals surface area (Å²) >= 11 is 0. The maximum absolute atomic E-state index is 10.7. The number of nitrogens with one attached hydrogen (secondary N) is 1. The molecule has 0 saturated heterocycles. The van der Waals surface area contributed by atoms with E-state index in [0.29, 0.717) is 24.7 Å². The lowest BCUT2D eigenvalue weighted by Gasteiger charge is -2.10. The molecular formula is C11H17N3O3. The van der Waals surface area contributed by atoms with Crippen molar-refractivity contribution in [2.24, 2.45) is 0 Å². The van der Waals surface area contributed by atoms with Gasteiger partial charge in [0.2, 0.25) is 0 Å². The lowest BCUT2D eigenvalue weighted by molar-refractivity contribution is 0.0690. The molecule has 0 unspecified atom stereocenters. The van der Waals surface area contributed by atoms with Gasteiger partial charge in [0.05, 0.1) is 18.4 Å². The zero-order chi connectivity index (χ0) is 12.8. The summed E-state index contributed by atoms with van der Waals surface area (Å²) in [5, 5.41) is 11.7. The predicted molar refractivity (Wildman–Crippen MR) is 65.2 cm³/mol. The Morgan fingerprint density at radius 3 is 2.88 bits per heavy atom. The van der Waals surface area contributed by atoms with Crippen molar-refractivity contribution in [2.45, 2.75) is 20.0 Å². The van der Waals surface area contributed by atoms with E-state index >= 15 is 0 Å². The highest BCUT2D eigenvalue weighted by molar-refractivity contribution is 5.86. The van der Waals surface area contributed by atoms with Gasteiger partial charge in [0.1, 0.15) is 5.82 Å². The first-order valence-corrected chi connectivity index (χ1v) is 5.36. The third-order valence-corrected chi connectivity index (χ3v) is 1.99. The summed E-state index contributed by atoms with van der Waals surface area (Å²) in [6, 6.07) is 2.88. The van der Waals surface area contributed by atoms with E-state index in [2.05, 4.69) is 10.3 Å². The molecule has 0 amide bonds. The number of aromatic nitrogens is 1. The van der Waals surface area contributed by atoms with Crippen molar-refractivity contribution < 1.29 is 14.6 Å². The lowest BCUT2D eigenvalue weighted by Crippen LogP contribution is -2.15. The first kappa shape index (κ1) is 13.2. The van der Waals surface area contributed by atoms with Gasteiger partial charge in [-0.1, -0.05) is 0 Å². The van der Waals surface area contributed by atoms with Crippen LogP contribution in [0.15, 0.2) is 12.1 Å². The van der Waals surface area contributed by atoms with Crippen LogP contribution in [0.5, 0.6) is 0 Å². The first-order chi connectivity index (χ1) is 8.00. The van der Waals surface area contributed by atoms with Gasteiger partial charge >= 0.3 is 5.97 Å². The molecule has 4 N–H and O–H groups in total. The van der Waals surface area contributed by atoms with Crippen LogP contribution in [0.25, 0.3) is 0 Å². The van der Waals surface area contributed by atoms with E-state index in [1.54, 1.807) is 0 Å². The average molecular weight is 239 g/mol. The summed E-state index contributed by atoms with van der Waals surface area (Å²) in [6.45, 7) is 4.92. The summed E-state index contributed by atoms with van der Waals surface area (Å²) in [7, 11) is 0. The Morgan fingerprint density at radius 1 is 1.59 bits per heavy atom. The fourth-order valence-electron chi connectivity index (χ4n) is 1.19. The van der Waals surface area contributed by atoms with E-state index < -0.39 is 5.97 Å². The van der Waals surface area contributed by atoms with E-state index in [4.69, 9.17) is 15.6 Å². The topological polar surface area (TPSA) is 97.5 Å². The van der Waals surface area contributed by atoms with Crippen molar-refractivity contribution in [3.63, 3.8) is 0 Å². The largest absolute Gasteiger partial charge is 0.477 e. The van der Waals surface area contributed by atoms with Crippen molar-refractivity contribution in [3.05, 3.63) is 17.8 Å². The van der Waals surface area contributed by atoms with Gasteiger partial charge in [0.25, 0.3) is 0 Å². The minimum atomic E-state index is -1.08. The van der Waals surface area contributed by atoms with Crippen molar-refractivity contribution in [1.82, 2.24) is 4.98 Å². The van der Waals surface area contributed by atoms with Gasteiger partial charge in [-0.3, -0.25) is 0 Å². The quantitative estimate of drug-likeness (QED) is 0.645. The molecule has 6 nitrogen and oxygen atoms in total. The molecule has 17 heavy (non-hydrogen) atoms. The molecule has 1 aromatic heterocycles. The van der Waals surface area contributed by atoms with Gasteiger partial charge in [-0.05, 0) is 26.0 Å². The highest BCUT2D eigenvalue weighted by atomic mass is 16.5. The van der Waals surface area contributed by atoms with Crippen LogP contribution in [0.1, 0.15) is 24.3 Å². The highest BCUT2D eigenvalue weighted by Gasteiger charge is 2.08. The van der Waals surface area contributed by atoms with Crippen LogP contribution in [0.2, 0.25) is 0 Å². The number of aromatic carboxylic acids is 1. The summed E-state index contributed by atoms with van der Waals surface area (Å²) < 4.78 is 5.33. The monoisotopic (exact) mass is 239 g/mol. The Labute approximate surface area is 99.8 Å². The van der Waals surface area contributed by atoms with Gasteiger partial charge in [0, 0.05) is 6.54 Å². The van der Waals surface area contributed by atoms with E-state index in [-0.39, 0.29) is 11.8 Å². The Morgan fingerprint density at radius 2 is 2.29 bits per heavy atom. The Bertz CT molecular complexity index is 394. The molecule has 0 radical (unpaired) electrons. The Balaban J connectivity index is 2.57. The molecule has 1 heterocycles. The third-order valence-electron chi connectivity index (χ3n) is 1.99. The molecule has 0 aliphatic heterocycles. The van der Waals surface area contributed by atoms with Crippen molar-refractivity contribution in [1.29, 1.82) is 0 Å². The zero-order valence-electron chi connectivity index (χ0n) is 9.93. The van der Waals surface area contributed by atoms with Gasteiger partial charge < -0.3 is 20.9 Å². The number of carbonyl (C=O) groups is 1. The molecule has 1 aromatic rings. The minimum absolute atomic E-state index is 0.0357. The number of ether oxygens (including phenoxy) is 1. The van der Waals surface area contributed by atoms with Crippen LogP contribution in [-0.2, 0) is 4.74 Å². The molecule has 94 valence electrons. The number of rotatable bonds is 6. The standard InChI is InChI=1S/C11H17N3O3/c1-7(2)17-6-5-13-10-8(12)3-4-9(14-10)11(15)16/h3-4,7H,5-6,12H2,1-2H3,(H,13,14)(H,15,16). The SMILES string of the molecule is CC(C)OCCNc1nc(C(=O)O)ccc1N. The molecule has 0 aromatic carbocycles. The first-order valence-electron chi connectivity index (χ1n) is 5.36. The van der Waals surface area contributed by atoms with Gasteiger partial charge in [-0.15, -0.1) is 0 Å². The zero-order valence-corrected chi connectivity index (χ0v) is 9.93. The molecule has 0 aliphatic rings. The number of nitrogens with two attached hydrogens (primary N) is 1. The van der Waals surface area contributed by atoms with Crippen LogP contribution < -0.4 is 11.1 Å². The summed E-state index contributed by atoms with van der Waals surface area (Å²) in [6.07, 6.45) is 0.160. The third kappa shape index (κ3) is 4.28. The van der Waals surface area contributed by atoms with Crippen molar-refractivity contribution in [3.8, 4) is 0 Å². The summed E-state index contributed by atoms with van der Waals surface area (Å²) in [5.74, 6) is -0.705. The van der Waals surface area contributed by atoms with Crippen LogP contribution in [0, 0.1) is 0 Å². The summed E-state index contributed by atoms with van der Waals surface area (Å²) in [4.78, 5) is 14.6. The average Bonchev–Trinajstić information content (AvgIpc) is 2.25.